The monoisotopic (exact) mass is 304 g/mol. The fraction of sp³-hybridized carbons (Fsp3) is 0.611. The van der Waals surface area contributed by atoms with Crippen LogP contribution in [0.15, 0.2) is 24.3 Å². The first-order valence-electron chi connectivity index (χ1n) is 8.06. The van der Waals surface area contributed by atoms with E-state index in [2.05, 4.69) is 43.1 Å². The van der Waals surface area contributed by atoms with Crippen LogP contribution in [0.4, 0.5) is 5.69 Å². The normalized spacial score (nSPS) is 16.5. The van der Waals surface area contributed by atoms with E-state index in [0.29, 0.717) is 12.5 Å². The number of nitrogens with zero attached hydrogens (tertiary/aromatic N) is 1. The Balaban J connectivity index is 1.81. The highest BCUT2D eigenvalue weighted by atomic mass is 16.5. The first-order valence-corrected chi connectivity index (χ1v) is 8.06. The zero-order valence-electron chi connectivity index (χ0n) is 14.2. The smallest absolute Gasteiger partial charge is 0.220 e. The molecule has 1 aliphatic rings. The number of hydrogen-bond donors (Lipinski definition) is 1. The van der Waals surface area contributed by atoms with Gasteiger partial charge in [0.15, 0.2) is 0 Å². The first kappa shape index (κ1) is 16.7. The molecule has 0 aromatic heterocycles. The quantitative estimate of drug-likeness (QED) is 0.928. The molecule has 4 nitrogen and oxygen atoms in total. The van der Waals surface area contributed by atoms with Crippen molar-refractivity contribution < 1.29 is 9.53 Å². The molecule has 0 aliphatic carbocycles. The third-order valence-electron chi connectivity index (χ3n) is 3.99. The van der Waals surface area contributed by atoms with Gasteiger partial charge in [-0.25, -0.2) is 0 Å². The number of anilines is 1. The Labute approximate surface area is 133 Å². The van der Waals surface area contributed by atoms with Crippen LogP contribution in [0, 0.1) is 5.41 Å². The molecular formula is C18H28N2O2. The Bertz CT molecular complexity index is 483. The molecule has 1 saturated heterocycles. The van der Waals surface area contributed by atoms with Gasteiger partial charge in [0.2, 0.25) is 5.91 Å². The van der Waals surface area contributed by atoms with Gasteiger partial charge in [-0.05, 0) is 42.5 Å². The molecule has 1 aliphatic heterocycles. The maximum atomic E-state index is 12.0. The lowest BCUT2D eigenvalue weighted by atomic mass is 9.91. The van der Waals surface area contributed by atoms with Crippen LogP contribution in [-0.2, 0) is 4.79 Å². The molecule has 0 atom stereocenters. The highest BCUT2D eigenvalue weighted by Crippen LogP contribution is 2.23. The van der Waals surface area contributed by atoms with Crippen LogP contribution < -0.4 is 15.0 Å². The number of carbonyl (C=O) groups is 1. The summed E-state index contributed by atoms with van der Waals surface area (Å²) in [6.45, 7) is 8.25. The number of ether oxygens (including phenoxy) is 1. The van der Waals surface area contributed by atoms with Crippen molar-refractivity contribution in [1.29, 1.82) is 0 Å². The Hall–Kier alpha value is -1.71. The van der Waals surface area contributed by atoms with Gasteiger partial charge in [0, 0.05) is 31.2 Å². The van der Waals surface area contributed by atoms with Crippen molar-refractivity contribution in [2.24, 2.45) is 5.41 Å². The average Bonchev–Trinajstić information content (AvgIpc) is 2.46. The largest absolute Gasteiger partial charge is 0.497 e. The van der Waals surface area contributed by atoms with Crippen LogP contribution in [-0.4, -0.2) is 32.1 Å². The topological polar surface area (TPSA) is 41.6 Å². The molecule has 0 bridgehead atoms. The van der Waals surface area contributed by atoms with Crippen molar-refractivity contribution in [3.63, 3.8) is 0 Å². The lowest BCUT2D eigenvalue weighted by Gasteiger charge is -2.34. The molecule has 4 heteroatoms. The summed E-state index contributed by atoms with van der Waals surface area (Å²) in [7, 11) is 1.68. The van der Waals surface area contributed by atoms with Crippen LogP contribution >= 0.6 is 0 Å². The van der Waals surface area contributed by atoms with E-state index in [-0.39, 0.29) is 11.3 Å². The minimum Gasteiger partial charge on any atom is -0.497 e. The highest BCUT2D eigenvalue weighted by Gasteiger charge is 2.23. The van der Waals surface area contributed by atoms with Crippen LogP contribution in [0.2, 0.25) is 0 Å². The van der Waals surface area contributed by atoms with E-state index in [1.54, 1.807) is 7.11 Å². The fourth-order valence-electron chi connectivity index (χ4n) is 2.84. The molecular weight excluding hydrogens is 276 g/mol. The van der Waals surface area contributed by atoms with Gasteiger partial charge in [0.25, 0.3) is 0 Å². The number of rotatable bonds is 4. The molecule has 22 heavy (non-hydrogen) atoms. The first-order chi connectivity index (χ1) is 10.4. The Morgan fingerprint density at radius 3 is 2.32 bits per heavy atom. The number of benzene rings is 1. The van der Waals surface area contributed by atoms with Crippen molar-refractivity contribution in [2.75, 3.05) is 25.1 Å². The van der Waals surface area contributed by atoms with Crippen molar-refractivity contribution in [3.8, 4) is 5.75 Å². The van der Waals surface area contributed by atoms with Gasteiger partial charge < -0.3 is 15.0 Å². The Morgan fingerprint density at radius 2 is 1.82 bits per heavy atom. The molecule has 0 radical (unpaired) electrons. The molecule has 1 N–H and O–H groups in total. The molecule has 1 aromatic rings. The lowest BCUT2D eigenvalue weighted by molar-refractivity contribution is -0.123. The zero-order chi connectivity index (χ0) is 16.2. The van der Waals surface area contributed by atoms with Gasteiger partial charge in [0.1, 0.15) is 5.75 Å². The van der Waals surface area contributed by atoms with Gasteiger partial charge in [-0.15, -0.1) is 0 Å². The number of methoxy groups -OCH3 is 1. The van der Waals surface area contributed by atoms with Crippen molar-refractivity contribution in [3.05, 3.63) is 24.3 Å². The molecule has 122 valence electrons. The maximum absolute atomic E-state index is 12.0. The number of nitrogens with one attached hydrogen (secondary N) is 1. The number of amides is 1. The number of carbonyl (C=O) groups excluding carboxylic acids is 1. The summed E-state index contributed by atoms with van der Waals surface area (Å²) in [5, 5.41) is 3.18. The predicted octanol–water partition coefficient (Wildman–Crippen LogP) is 3.22. The Kier molecular flexibility index (Phi) is 5.33. The summed E-state index contributed by atoms with van der Waals surface area (Å²) in [6, 6.07) is 8.48. The van der Waals surface area contributed by atoms with Gasteiger partial charge in [-0.2, -0.15) is 0 Å². The van der Waals surface area contributed by atoms with Crippen LogP contribution in [0.25, 0.3) is 0 Å². The molecule has 1 fully saturated rings. The van der Waals surface area contributed by atoms with Gasteiger partial charge in [-0.3, -0.25) is 4.79 Å². The van der Waals surface area contributed by atoms with E-state index < -0.39 is 0 Å². The standard InChI is InChI=1S/C18H28N2O2/c1-18(2,3)13-17(21)19-14-9-11-20(12-10-14)15-5-7-16(22-4)8-6-15/h5-8,14H,9-13H2,1-4H3,(H,19,21). The van der Waals surface area contributed by atoms with E-state index >= 15 is 0 Å². The third kappa shape index (κ3) is 4.93. The van der Waals surface area contributed by atoms with E-state index in [1.807, 2.05) is 12.1 Å². The minimum absolute atomic E-state index is 0.0495. The van der Waals surface area contributed by atoms with Crippen molar-refractivity contribution >= 4 is 11.6 Å². The molecule has 2 rings (SSSR count). The molecule has 0 saturated carbocycles. The van der Waals surface area contributed by atoms with Crippen LogP contribution in [0.3, 0.4) is 0 Å². The molecule has 1 aromatic carbocycles. The highest BCUT2D eigenvalue weighted by molar-refractivity contribution is 5.76. The van der Waals surface area contributed by atoms with Gasteiger partial charge in [-0.1, -0.05) is 20.8 Å². The zero-order valence-corrected chi connectivity index (χ0v) is 14.2. The second kappa shape index (κ2) is 7.03. The van der Waals surface area contributed by atoms with Crippen LogP contribution in [0.5, 0.6) is 5.75 Å². The summed E-state index contributed by atoms with van der Waals surface area (Å²) in [5.41, 5.74) is 1.27. The fourth-order valence-corrected chi connectivity index (χ4v) is 2.84. The number of piperidine rings is 1. The summed E-state index contributed by atoms with van der Waals surface area (Å²) in [5.74, 6) is 1.06. The molecule has 0 spiro atoms. The third-order valence-corrected chi connectivity index (χ3v) is 3.99. The van der Waals surface area contributed by atoms with Gasteiger partial charge in [0.05, 0.1) is 7.11 Å². The predicted molar refractivity (Wildman–Crippen MR) is 90.4 cm³/mol. The second-order valence-corrected chi connectivity index (χ2v) is 7.26. The maximum Gasteiger partial charge on any atom is 0.220 e. The van der Waals surface area contributed by atoms with Crippen molar-refractivity contribution in [1.82, 2.24) is 5.32 Å². The molecule has 0 unspecified atom stereocenters. The lowest BCUT2D eigenvalue weighted by Crippen LogP contribution is -2.45. The SMILES string of the molecule is COc1ccc(N2CCC(NC(=O)CC(C)(C)C)CC2)cc1. The number of hydrogen-bond acceptors (Lipinski definition) is 3. The Morgan fingerprint density at radius 1 is 1.23 bits per heavy atom. The van der Waals surface area contributed by atoms with E-state index in [9.17, 15) is 4.79 Å². The average molecular weight is 304 g/mol. The second-order valence-electron chi connectivity index (χ2n) is 7.26. The van der Waals surface area contributed by atoms with E-state index in [1.165, 1.54) is 5.69 Å². The summed E-state index contributed by atoms with van der Waals surface area (Å²) in [4.78, 5) is 14.4. The molecule has 1 amide bonds. The van der Waals surface area contributed by atoms with E-state index in [0.717, 1.165) is 31.7 Å². The van der Waals surface area contributed by atoms with E-state index in [4.69, 9.17) is 4.74 Å². The minimum atomic E-state index is 0.0495. The summed E-state index contributed by atoms with van der Waals surface area (Å²) < 4.78 is 5.19. The van der Waals surface area contributed by atoms with Crippen LogP contribution in [0.1, 0.15) is 40.0 Å². The summed E-state index contributed by atoms with van der Waals surface area (Å²) >= 11 is 0. The molecule has 1 heterocycles. The van der Waals surface area contributed by atoms with Gasteiger partial charge >= 0.3 is 0 Å². The van der Waals surface area contributed by atoms with Crippen molar-refractivity contribution in [2.45, 2.75) is 46.1 Å². The summed E-state index contributed by atoms with van der Waals surface area (Å²) in [6.07, 6.45) is 2.59.